The molecule has 0 spiro atoms. The predicted octanol–water partition coefficient (Wildman–Crippen LogP) is 4.70. The van der Waals surface area contributed by atoms with Crippen LogP contribution in [0.15, 0.2) is 0 Å². The quantitative estimate of drug-likeness (QED) is 0.615. The zero-order chi connectivity index (χ0) is 12.9. The summed E-state index contributed by atoms with van der Waals surface area (Å²) in [4.78, 5) is 11.8. The molecule has 0 N–H and O–H groups in total. The van der Waals surface area contributed by atoms with Gasteiger partial charge >= 0.3 is 0 Å². The molecule has 96 valence electrons. The molecule has 1 heteroatoms. The molecule has 0 amide bonds. The maximum atomic E-state index is 11.8. The lowest BCUT2D eigenvalue weighted by atomic mass is 9.68. The highest BCUT2D eigenvalue weighted by molar-refractivity contribution is 5.79. The molecule has 0 aromatic rings. The van der Waals surface area contributed by atoms with Crippen LogP contribution in [0, 0.1) is 23.2 Å². The number of carbonyl (C=O) groups excluding carboxylic acids is 1. The third-order valence-corrected chi connectivity index (χ3v) is 3.71. The standard InChI is InChI=1S/C15H30O/c1-8-12(4)10-15(6,7)14(13(5)16)9-11(2)3/h11-12,14H,8-10H2,1-7H3. The minimum atomic E-state index is 0.144. The molecule has 0 saturated carbocycles. The summed E-state index contributed by atoms with van der Waals surface area (Å²) in [5, 5.41) is 0. The van der Waals surface area contributed by atoms with E-state index < -0.39 is 0 Å². The van der Waals surface area contributed by atoms with Gasteiger partial charge < -0.3 is 0 Å². The van der Waals surface area contributed by atoms with Crippen molar-refractivity contribution in [2.75, 3.05) is 0 Å². The van der Waals surface area contributed by atoms with Crippen molar-refractivity contribution in [2.45, 2.75) is 67.7 Å². The summed E-state index contributed by atoms with van der Waals surface area (Å²) in [6.07, 6.45) is 3.38. The lowest BCUT2D eigenvalue weighted by Gasteiger charge is -2.36. The van der Waals surface area contributed by atoms with Crippen LogP contribution in [-0.2, 0) is 4.79 Å². The zero-order valence-corrected chi connectivity index (χ0v) is 12.3. The van der Waals surface area contributed by atoms with Crippen molar-refractivity contribution in [3.8, 4) is 0 Å². The smallest absolute Gasteiger partial charge is 0.133 e. The third kappa shape index (κ3) is 5.14. The SMILES string of the molecule is CCC(C)CC(C)(C)C(CC(C)C)C(C)=O. The molecule has 0 bridgehead atoms. The molecule has 2 unspecified atom stereocenters. The fourth-order valence-electron chi connectivity index (χ4n) is 2.69. The van der Waals surface area contributed by atoms with E-state index in [1.54, 1.807) is 6.92 Å². The number of hydrogen-bond donors (Lipinski definition) is 0. The molecule has 0 heterocycles. The normalized spacial score (nSPS) is 16.2. The maximum absolute atomic E-state index is 11.8. The second-order valence-corrected chi connectivity index (χ2v) is 6.50. The highest BCUT2D eigenvalue weighted by Crippen LogP contribution is 2.38. The molecule has 0 aliphatic carbocycles. The Labute approximate surface area is 102 Å². The fraction of sp³-hybridized carbons (Fsp3) is 0.933. The maximum Gasteiger partial charge on any atom is 0.133 e. The molecule has 0 aromatic carbocycles. The predicted molar refractivity (Wildman–Crippen MR) is 71.5 cm³/mol. The minimum Gasteiger partial charge on any atom is -0.300 e. The highest BCUT2D eigenvalue weighted by Gasteiger charge is 2.34. The van der Waals surface area contributed by atoms with E-state index in [2.05, 4.69) is 41.5 Å². The van der Waals surface area contributed by atoms with Gasteiger partial charge in [-0.05, 0) is 37.0 Å². The monoisotopic (exact) mass is 226 g/mol. The summed E-state index contributed by atoms with van der Waals surface area (Å²) in [5.74, 6) is 1.90. The van der Waals surface area contributed by atoms with Crippen LogP contribution in [0.25, 0.3) is 0 Å². The minimum absolute atomic E-state index is 0.144. The summed E-state index contributed by atoms with van der Waals surface area (Å²) in [6, 6.07) is 0. The summed E-state index contributed by atoms with van der Waals surface area (Å²) in [7, 11) is 0. The highest BCUT2D eigenvalue weighted by atomic mass is 16.1. The molecule has 16 heavy (non-hydrogen) atoms. The third-order valence-electron chi connectivity index (χ3n) is 3.71. The summed E-state index contributed by atoms with van der Waals surface area (Å²) >= 11 is 0. The van der Waals surface area contributed by atoms with Crippen LogP contribution in [0.3, 0.4) is 0 Å². The lowest BCUT2D eigenvalue weighted by molar-refractivity contribution is -0.125. The van der Waals surface area contributed by atoms with Crippen molar-refractivity contribution in [3.05, 3.63) is 0 Å². The van der Waals surface area contributed by atoms with Gasteiger partial charge in [0.1, 0.15) is 5.78 Å². The molecule has 0 radical (unpaired) electrons. The molecule has 0 rings (SSSR count). The van der Waals surface area contributed by atoms with Crippen molar-refractivity contribution in [1.82, 2.24) is 0 Å². The van der Waals surface area contributed by atoms with Gasteiger partial charge in [-0.2, -0.15) is 0 Å². The first-order valence-electron chi connectivity index (χ1n) is 6.71. The van der Waals surface area contributed by atoms with Gasteiger partial charge in [0.25, 0.3) is 0 Å². The Morgan fingerprint density at radius 2 is 1.69 bits per heavy atom. The van der Waals surface area contributed by atoms with Crippen LogP contribution in [-0.4, -0.2) is 5.78 Å². The van der Waals surface area contributed by atoms with Gasteiger partial charge in [0, 0.05) is 5.92 Å². The Balaban J connectivity index is 4.68. The van der Waals surface area contributed by atoms with E-state index in [0.717, 1.165) is 12.8 Å². The second kappa shape index (κ2) is 6.42. The van der Waals surface area contributed by atoms with Gasteiger partial charge in [0.05, 0.1) is 0 Å². The van der Waals surface area contributed by atoms with E-state index in [4.69, 9.17) is 0 Å². The van der Waals surface area contributed by atoms with Crippen molar-refractivity contribution < 1.29 is 4.79 Å². The molecule has 0 aliphatic rings. The summed E-state index contributed by atoms with van der Waals surface area (Å²) < 4.78 is 0. The van der Waals surface area contributed by atoms with E-state index in [0.29, 0.717) is 17.6 Å². The van der Waals surface area contributed by atoms with Gasteiger partial charge in [0.2, 0.25) is 0 Å². The average molecular weight is 226 g/mol. The average Bonchev–Trinajstić information content (AvgIpc) is 2.12. The molecule has 2 atom stereocenters. The molecular formula is C15H30O. The first-order valence-corrected chi connectivity index (χ1v) is 6.71. The number of Topliss-reactive ketones (excluding diaryl/α,β-unsaturated/α-hetero) is 1. The number of ketones is 1. The molecule has 1 nitrogen and oxygen atoms in total. The van der Waals surface area contributed by atoms with Crippen LogP contribution >= 0.6 is 0 Å². The lowest BCUT2D eigenvalue weighted by Crippen LogP contribution is -2.32. The van der Waals surface area contributed by atoms with E-state index in [-0.39, 0.29) is 11.3 Å². The molecule has 0 fully saturated rings. The van der Waals surface area contributed by atoms with Gasteiger partial charge in [-0.3, -0.25) is 4.79 Å². The number of carbonyl (C=O) groups is 1. The molecule has 0 aliphatic heterocycles. The van der Waals surface area contributed by atoms with E-state index in [1.807, 2.05) is 0 Å². The molecule has 0 aromatic heterocycles. The first kappa shape index (κ1) is 15.7. The summed E-state index contributed by atoms with van der Waals surface area (Å²) in [5.41, 5.74) is 0.144. The Morgan fingerprint density at radius 1 is 1.19 bits per heavy atom. The number of hydrogen-bond acceptors (Lipinski definition) is 1. The molecular weight excluding hydrogens is 196 g/mol. The van der Waals surface area contributed by atoms with Crippen LogP contribution in [0.2, 0.25) is 0 Å². The topological polar surface area (TPSA) is 17.1 Å². The van der Waals surface area contributed by atoms with E-state index in [9.17, 15) is 4.79 Å². The second-order valence-electron chi connectivity index (χ2n) is 6.50. The molecule has 0 saturated heterocycles. The van der Waals surface area contributed by atoms with Gasteiger partial charge in [-0.1, -0.05) is 48.0 Å². The largest absolute Gasteiger partial charge is 0.300 e. The van der Waals surface area contributed by atoms with Crippen molar-refractivity contribution in [2.24, 2.45) is 23.2 Å². The van der Waals surface area contributed by atoms with Crippen LogP contribution in [0.4, 0.5) is 0 Å². The Bertz CT molecular complexity index is 215. The van der Waals surface area contributed by atoms with Crippen LogP contribution in [0.5, 0.6) is 0 Å². The Morgan fingerprint density at radius 3 is 2.00 bits per heavy atom. The van der Waals surface area contributed by atoms with E-state index in [1.165, 1.54) is 6.42 Å². The van der Waals surface area contributed by atoms with Gasteiger partial charge in [-0.25, -0.2) is 0 Å². The van der Waals surface area contributed by atoms with Crippen molar-refractivity contribution in [1.29, 1.82) is 0 Å². The van der Waals surface area contributed by atoms with E-state index >= 15 is 0 Å². The van der Waals surface area contributed by atoms with Crippen molar-refractivity contribution >= 4 is 5.78 Å². The van der Waals surface area contributed by atoms with Gasteiger partial charge in [0.15, 0.2) is 0 Å². The Kier molecular flexibility index (Phi) is 6.28. The fourth-order valence-corrected chi connectivity index (χ4v) is 2.69. The summed E-state index contributed by atoms with van der Waals surface area (Å²) in [6.45, 7) is 15.2. The van der Waals surface area contributed by atoms with Gasteiger partial charge in [-0.15, -0.1) is 0 Å². The van der Waals surface area contributed by atoms with Crippen LogP contribution in [0.1, 0.15) is 67.7 Å². The first-order chi connectivity index (χ1) is 7.20. The number of rotatable bonds is 7. The van der Waals surface area contributed by atoms with Crippen molar-refractivity contribution in [3.63, 3.8) is 0 Å². The van der Waals surface area contributed by atoms with Crippen LogP contribution < -0.4 is 0 Å². The Hall–Kier alpha value is -0.330. The zero-order valence-electron chi connectivity index (χ0n) is 12.3.